The molecule has 0 fully saturated rings. The molecule has 4 aromatic rings. The van der Waals surface area contributed by atoms with Gasteiger partial charge in [0, 0.05) is 5.56 Å². The van der Waals surface area contributed by atoms with Crippen LogP contribution < -0.4 is 5.23 Å². The molecule has 0 radical (unpaired) electrons. The molecular weight excluding hydrogens is 368 g/mol. The Morgan fingerprint density at radius 2 is 1.92 bits per heavy atom. The zero-order valence-corrected chi connectivity index (χ0v) is 15.1. The fourth-order valence-corrected chi connectivity index (χ4v) is 4.64. The Bertz CT molecular complexity index is 1110. The second kappa shape index (κ2) is 7.05. The van der Waals surface area contributed by atoms with E-state index in [1.807, 2.05) is 42.5 Å². The van der Waals surface area contributed by atoms with Gasteiger partial charge in [0.05, 0.1) is 21.7 Å². The first kappa shape index (κ1) is 17.0. The van der Waals surface area contributed by atoms with Crippen LogP contribution >= 0.6 is 23.1 Å². The summed E-state index contributed by atoms with van der Waals surface area (Å²) >= 11 is 2.76. The highest BCUT2D eigenvalue weighted by Crippen LogP contribution is 2.32. The van der Waals surface area contributed by atoms with E-state index < -0.39 is 0 Å². The van der Waals surface area contributed by atoms with Crippen LogP contribution in [0.4, 0.5) is 5.69 Å². The quantitative estimate of drug-likeness (QED) is 0.294. The Morgan fingerprint density at radius 3 is 2.73 bits per heavy atom. The molecule has 0 atom stereocenters. The van der Waals surface area contributed by atoms with E-state index in [9.17, 15) is 10.0 Å². The summed E-state index contributed by atoms with van der Waals surface area (Å²) in [5.74, 6) is 0.334. The number of thioether (sulfide) groups is 1. The summed E-state index contributed by atoms with van der Waals surface area (Å²) in [6, 6.07) is 18.4. The molecule has 0 saturated heterocycles. The van der Waals surface area contributed by atoms with Crippen LogP contribution in [0.2, 0.25) is 0 Å². The standard InChI is InChI=1S/C19H13N2O3S2/c22-17(14-6-5-12-3-1-2-4-13(12)9-14)11-25-19-20-16-8-7-15(21(23)24)10-18(16)26-19/h1-10,23H,11H2/q-1. The summed E-state index contributed by atoms with van der Waals surface area (Å²) < 4.78 is 1.54. The number of rotatable bonds is 5. The van der Waals surface area contributed by atoms with Crippen molar-refractivity contribution in [1.82, 2.24) is 4.98 Å². The third-order valence-electron chi connectivity index (χ3n) is 3.97. The number of aromatic nitrogens is 1. The Balaban J connectivity index is 1.50. The lowest BCUT2D eigenvalue weighted by Gasteiger charge is -2.20. The van der Waals surface area contributed by atoms with Crippen LogP contribution in [0.25, 0.3) is 21.0 Å². The maximum Gasteiger partial charge on any atom is 0.173 e. The van der Waals surface area contributed by atoms with Crippen molar-refractivity contribution >= 4 is 55.6 Å². The van der Waals surface area contributed by atoms with E-state index in [2.05, 4.69) is 4.98 Å². The van der Waals surface area contributed by atoms with Gasteiger partial charge in [0.25, 0.3) is 0 Å². The predicted molar refractivity (Wildman–Crippen MR) is 106 cm³/mol. The second-order valence-corrected chi connectivity index (χ2v) is 7.93. The second-order valence-electron chi connectivity index (χ2n) is 5.68. The molecule has 0 aliphatic carbocycles. The number of nitrogens with zero attached hydrogens (tertiary/aromatic N) is 2. The highest BCUT2D eigenvalue weighted by Gasteiger charge is 2.11. The Labute approximate surface area is 157 Å². The third kappa shape index (κ3) is 3.42. The number of fused-ring (bicyclic) bond motifs is 2. The Kier molecular flexibility index (Phi) is 4.60. The molecule has 3 aromatic carbocycles. The van der Waals surface area contributed by atoms with Crippen molar-refractivity contribution in [1.29, 1.82) is 0 Å². The van der Waals surface area contributed by atoms with E-state index in [0.717, 1.165) is 25.3 Å². The molecule has 4 rings (SSSR count). The molecule has 130 valence electrons. The number of thiazole rings is 1. The summed E-state index contributed by atoms with van der Waals surface area (Å²) in [6.45, 7) is 0. The van der Waals surface area contributed by atoms with E-state index in [1.54, 1.807) is 12.1 Å². The third-order valence-corrected chi connectivity index (χ3v) is 6.13. The molecule has 1 heterocycles. The molecule has 0 aliphatic heterocycles. The topological polar surface area (TPSA) is 76.5 Å². The Hall–Kier alpha value is -2.45. The van der Waals surface area contributed by atoms with Crippen molar-refractivity contribution in [2.24, 2.45) is 0 Å². The number of carbonyl (C=O) groups is 1. The predicted octanol–water partition coefficient (Wildman–Crippen LogP) is 5.12. The molecule has 1 aromatic heterocycles. The van der Waals surface area contributed by atoms with Gasteiger partial charge >= 0.3 is 0 Å². The maximum absolute atomic E-state index is 12.5. The van der Waals surface area contributed by atoms with Gasteiger partial charge in [-0.25, -0.2) is 4.98 Å². The van der Waals surface area contributed by atoms with Gasteiger partial charge in [-0.3, -0.25) is 10.0 Å². The molecule has 7 heteroatoms. The van der Waals surface area contributed by atoms with Gasteiger partial charge < -0.3 is 10.4 Å². The van der Waals surface area contributed by atoms with Crippen molar-refractivity contribution in [3.8, 4) is 0 Å². The van der Waals surface area contributed by atoms with Crippen molar-refractivity contribution in [3.63, 3.8) is 0 Å². The van der Waals surface area contributed by atoms with E-state index in [1.165, 1.54) is 29.2 Å². The van der Waals surface area contributed by atoms with Crippen LogP contribution in [0.15, 0.2) is 65.0 Å². The van der Waals surface area contributed by atoms with E-state index >= 15 is 0 Å². The molecule has 0 saturated carbocycles. The largest absolute Gasteiger partial charge is 0.733 e. The van der Waals surface area contributed by atoms with Crippen LogP contribution in [0, 0.1) is 5.21 Å². The zero-order valence-electron chi connectivity index (χ0n) is 13.5. The van der Waals surface area contributed by atoms with Gasteiger partial charge in [-0.2, -0.15) is 0 Å². The molecule has 0 spiro atoms. The van der Waals surface area contributed by atoms with Crippen LogP contribution in [0.5, 0.6) is 0 Å². The molecule has 0 aliphatic rings. The summed E-state index contributed by atoms with van der Waals surface area (Å²) in [5.41, 5.74) is 1.58. The fraction of sp³-hybridized carbons (Fsp3) is 0.0526. The van der Waals surface area contributed by atoms with Gasteiger partial charge in [-0.05, 0) is 35.0 Å². The van der Waals surface area contributed by atoms with Gasteiger partial charge in [-0.15, -0.1) is 11.3 Å². The molecule has 1 N–H and O–H groups in total. The SMILES string of the molecule is O=C(CSc1nc2ccc(N([O-])O)cc2s1)c1ccc2ccccc2c1. The first-order chi connectivity index (χ1) is 12.6. The average molecular weight is 381 g/mol. The highest BCUT2D eigenvalue weighted by atomic mass is 32.2. The number of carbonyl (C=O) groups excluding carboxylic acids is 1. The van der Waals surface area contributed by atoms with Crippen molar-refractivity contribution in [2.45, 2.75) is 4.34 Å². The van der Waals surface area contributed by atoms with Crippen molar-refractivity contribution in [2.75, 3.05) is 11.0 Å². The number of hydrogen-bond acceptors (Lipinski definition) is 7. The van der Waals surface area contributed by atoms with E-state index in [-0.39, 0.29) is 16.7 Å². The zero-order chi connectivity index (χ0) is 18.1. The fourth-order valence-electron chi connectivity index (χ4n) is 2.65. The smallest absolute Gasteiger partial charge is 0.173 e. The van der Waals surface area contributed by atoms with Gasteiger partial charge in [0.1, 0.15) is 0 Å². The number of anilines is 1. The summed E-state index contributed by atoms with van der Waals surface area (Å²) in [5, 5.41) is 21.9. The lowest BCUT2D eigenvalue weighted by Crippen LogP contribution is -2.06. The minimum Gasteiger partial charge on any atom is -0.733 e. The first-order valence-corrected chi connectivity index (χ1v) is 9.62. The minimum atomic E-state index is -0.171. The number of benzene rings is 3. The number of Topliss-reactive ketones (excluding diaryl/α,β-unsaturated/α-hetero) is 1. The summed E-state index contributed by atoms with van der Waals surface area (Å²) in [4.78, 5) is 17.0. The molecule has 26 heavy (non-hydrogen) atoms. The first-order valence-electron chi connectivity index (χ1n) is 7.82. The normalized spacial score (nSPS) is 11.2. The van der Waals surface area contributed by atoms with E-state index in [0.29, 0.717) is 11.3 Å². The van der Waals surface area contributed by atoms with Gasteiger partial charge in [-0.1, -0.05) is 48.2 Å². The van der Waals surface area contributed by atoms with Crippen molar-refractivity contribution in [3.05, 3.63) is 71.4 Å². The molecule has 0 bridgehead atoms. The number of ketones is 1. The Morgan fingerprint density at radius 1 is 1.12 bits per heavy atom. The maximum atomic E-state index is 12.5. The van der Waals surface area contributed by atoms with Crippen LogP contribution in [0.3, 0.4) is 0 Å². The lowest BCUT2D eigenvalue weighted by molar-refractivity contribution is 0.102. The minimum absolute atomic E-state index is 0.0433. The van der Waals surface area contributed by atoms with Crippen LogP contribution in [0.1, 0.15) is 10.4 Å². The number of hydrogen-bond donors (Lipinski definition) is 1. The monoisotopic (exact) mass is 381 g/mol. The lowest BCUT2D eigenvalue weighted by atomic mass is 10.1. The summed E-state index contributed by atoms with van der Waals surface area (Å²) in [7, 11) is 0. The average Bonchev–Trinajstić information content (AvgIpc) is 3.07. The highest BCUT2D eigenvalue weighted by molar-refractivity contribution is 8.01. The van der Waals surface area contributed by atoms with Gasteiger partial charge in [0.2, 0.25) is 0 Å². The summed E-state index contributed by atoms with van der Waals surface area (Å²) in [6.07, 6.45) is 0. The van der Waals surface area contributed by atoms with Crippen LogP contribution in [-0.4, -0.2) is 21.7 Å². The van der Waals surface area contributed by atoms with Gasteiger partial charge in [0.15, 0.2) is 10.1 Å². The molecule has 5 nitrogen and oxygen atoms in total. The van der Waals surface area contributed by atoms with Crippen LogP contribution in [-0.2, 0) is 0 Å². The van der Waals surface area contributed by atoms with Crippen molar-refractivity contribution < 1.29 is 10.0 Å². The molecular formula is C19H13N2O3S2-. The van der Waals surface area contributed by atoms with E-state index in [4.69, 9.17) is 5.21 Å². The molecule has 0 unspecified atom stereocenters. The molecule has 0 amide bonds.